The summed E-state index contributed by atoms with van der Waals surface area (Å²) in [5.41, 5.74) is 8.90. The van der Waals surface area contributed by atoms with Gasteiger partial charge in [0.2, 0.25) is 0 Å². The summed E-state index contributed by atoms with van der Waals surface area (Å²) in [6.07, 6.45) is 2.76. The lowest BCUT2D eigenvalue weighted by molar-refractivity contribution is -0.134. The Hall–Kier alpha value is -0.800. The van der Waals surface area contributed by atoms with Crippen LogP contribution < -0.4 is 5.73 Å². The van der Waals surface area contributed by atoms with Crippen LogP contribution in [0, 0.1) is 19.8 Å². The van der Waals surface area contributed by atoms with Gasteiger partial charge in [0, 0.05) is 30.0 Å². The molecule has 4 unspecified atom stereocenters. The van der Waals surface area contributed by atoms with Gasteiger partial charge < -0.3 is 15.0 Å². The van der Waals surface area contributed by atoms with E-state index in [0.717, 1.165) is 6.61 Å². The van der Waals surface area contributed by atoms with E-state index in [0.29, 0.717) is 18.1 Å². The van der Waals surface area contributed by atoms with Crippen LogP contribution in [0.15, 0.2) is 12.1 Å². The molecule has 88 valence electrons. The second-order valence-electron chi connectivity index (χ2n) is 5.20. The Balaban J connectivity index is 1.91. The lowest BCUT2D eigenvalue weighted by atomic mass is 9.68. The van der Waals surface area contributed by atoms with Crippen LogP contribution in [0.25, 0.3) is 0 Å². The van der Waals surface area contributed by atoms with E-state index < -0.39 is 0 Å². The topological polar surface area (TPSA) is 40.2 Å². The van der Waals surface area contributed by atoms with E-state index in [2.05, 4.69) is 30.5 Å². The third kappa shape index (κ3) is 1.28. The summed E-state index contributed by atoms with van der Waals surface area (Å²) in [5.74, 6) is 0.583. The number of hydrogen-bond acceptors (Lipinski definition) is 2. The van der Waals surface area contributed by atoms with E-state index >= 15 is 0 Å². The molecule has 2 N–H and O–H groups in total. The predicted molar refractivity (Wildman–Crippen MR) is 63.4 cm³/mol. The van der Waals surface area contributed by atoms with Crippen molar-refractivity contribution in [2.75, 3.05) is 6.61 Å². The SMILES string of the molecule is Cc1ccc(C)n1C1C(N)C2CCCOC21. The Morgan fingerprint density at radius 1 is 1.31 bits per heavy atom. The van der Waals surface area contributed by atoms with Gasteiger partial charge in [-0.2, -0.15) is 0 Å². The van der Waals surface area contributed by atoms with Crippen LogP contribution in [-0.4, -0.2) is 23.3 Å². The number of fused-ring (bicyclic) bond motifs is 1. The Bertz CT molecular complexity index is 379. The van der Waals surface area contributed by atoms with E-state index in [4.69, 9.17) is 10.5 Å². The van der Waals surface area contributed by atoms with Crippen LogP contribution in [0.3, 0.4) is 0 Å². The summed E-state index contributed by atoms with van der Waals surface area (Å²) in [4.78, 5) is 0. The van der Waals surface area contributed by atoms with Crippen molar-refractivity contribution in [3.8, 4) is 0 Å². The number of aromatic nitrogens is 1. The quantitative estimate of drug-likeness (QED) is 0.783. The molecule has 16 heavy (non-hydrogen) atoms. The maximum Gasteiger partial charge on any atom is 0.0841 e. The highest BCUT2D eigenvalue weighted by molar-refractivity contribution is 5.20. The average molecular weight is 220 g/mol. The summed E-state index contributed by atoms with van der Waals surface area (Å²) < 4.78 is 8.25. The number of hydrogen-bond donors (Lipinski definition) is 1. The van der Waals surface area contributed by atoms with E-state index in [9.17, 15) is 0 Å². The predicted octanol–water partition coefficient (Wildman–Crippen LogP) is 1.78. The van der Waals surface area contributed by atoms with Crippen molar-refractivity contribution >= 4 is 0 Å². The Labute approximate surface area is 96.6 Å². The van der Waals surface area contributed by atoms with Crippen molar-refractivity contribution in [3.63, 3.8) is 0 Å². The van der Waals surface area contributed by atoms with Gasteiger partial charge >= 0.3 is 0 Å². The monoisotopic (exact) mass is 220 g/mol. The maximum atomic E-state index is 6.31. The fourth-order valence-electron chi connectivity index (χ4n) is 3.39. The van der Waals surface area contributed by atoms with Crippen molar-refractivity contribution in [1.82, 2.24) is 4.57 Å². The first kappa shape index (κ1) is 10.4. The fraction of sp³-hybridized carbons (Fsp3) is 0.692. The second kappa shape index (κ2) is 3.60. The smallest absolute Gasteiger partial charge is 0.0841 e. The molecule has 2 fully saturated rings. The first-order valence-corrected chi connectivity index (χ1v) is 6.22. The molecule has 3 rings (SSSR count). The fourth-order valence-corrected chi connectivity index (χ4v) is 3.39. The number of nitrogens with two attached hydrogens (primary N) is 1. The van der Waals surface area contributed by atoms with Gasteiger partial charge in [0.15, 0.2) is 0 Å². The average Bonchev–Trinajstić information content (AvgIpc) is 2.61. The van der Waals surface area contributed by atoms with E-state index in [1.807, 2.05) is 0 Å². The molecule has 3 nitrogen and oxygen atoms in total. The van der Waals surface area contributed by atoms with Crippen LogP contribution in [0.4, 0.5) is 0 Å². The molecule has 2 heterocycles. The third-order valence-corrected chi connectivity index (χ3v) is 4.26. The van der Waals surface area contributed by atoms with Crippen molar-refractivity contribution < 1.29 is 4.74 Å². The molecule has 1 aromatic rings. The molecule has 0 bridgehead atoms. The molecular weight excluding hydrogens is 200 g/mol. The van der Waals surface area contributed by atoms with Crippen molar-refractivity contribution in [2.24, 2.45) is 11.7 Å². The van der Waals surface area contributed by atoms with Crippen molar-refractivity contribution in [2.45, 2.75) is 44.9 Å². The zero-order valence-electron chi connectivity index (χ0n) is 10.0. The van der Waals surface area contributed by atoms with E-state index in [-0.39, 0.29) is 6.04 Å². The molecular formula is C13H20N2O. The third-order valence-electron chi connectivity index (χ3n) is 4.26. The molecule has 1 aliphatic heterocycles. The minimum absolute atomic E-state index is 0.273. The van der Waals surface area contributed by atoms with Gasteiger partial charge in [-0.15, -0.1) is 0 Å². The first-order valence-electron chi connectivity index (χ1n) is 6.22. The largest absolute Gasteiger partial charge is 0.376 e. The van der Waals surface area contributed by atoms with Crippen molar-refractivity contribution in [1.29, 1.82) is 0 Å². The molecule has 2 aliphatic rings. The second-order valence-corrected chi connectivity index (χ2v) is 5.20. The first-order chi connectivity index (χ1) is 7.70. The number of aryl methyl sites for hydroxylation is 2. The van der Waals surface area contributed by atoms with Crippen LogP contribution in [0.1, 0.15) is 30.3 Å². The number of rotatable bonds is 1. The standard InChI is InChI=1S/C13H20N2O/c1-8-5-6-9(2)15(8)12-11(14)10-4-3-7-16-13(10)12/h5-6,10-13H,3-4,7,14H2,1-2H3. The zero-order valence-corrected chi connectivity index (χ0v) is 10.0. The molecule has 0 aromatic carbocycles. The molecule has 1 saturated carbocycles. The lowest BCUT2D eigenvalue weighted by Crippen LogP contribution is -2.63. The van der Waals surface area contributed by atoms with Gasteiger partial charge in [0.05, 0.1) is 12.1 Å². The van der Waals surface area contributed by atoms with Gasteiger partial charge in [-0.1, -0.05) is 0 Å². The highest BCUT2D eigenvalue weighted by Gasteiger charge is 2.51. The maximum absolute atomic E-state index is 6.31. The molecule has 1 aromatic heterocycles. The highest BCUT2D eigenvalue weighted by Crippen LogP contribution is 2.45. The van der Waals surface area contributed by atoms with Gasteiger partial charge in [-0.3, -0.25) is 0 Å². The van der Waals surface area contributed by atoms with E-state index in [1.165, 1.54) is 24.2 Å². The highest BCUT2D eigenvalue weighted by atomic mass is 16.5. The summed E-state index contributed by atoms with van der Waals surface area (Å²) >= 11 is 0. The minimum atomic E-state index is 0.273. The molecule has 1 aliphatic carbocycles. The number of nitrogens with zero attached hydrogens (tertiary/aromatic N) is 1. The van der Waals surface area contributed by atoms with Crippen LogP contribution in [0.2, 0.25) is 0 Å². The molecule has 1 saturated heterocycles. The van der Waals surface area contributed by atoms with Gasteiger partial charge in [0.25, 0.3) is 0 Å². The van der Waals surface area contributed by atoms with E-state index in [1.54, 1.807) is 0 Å². The van der Waals surface area contributed by atoms with Gasteiger partial charge in [-0.05, 0) is 38.8 Å². The van der Waals surface area contributed by atoms with Crippen molar-refractivity contribution in [3.05, 3.63) is 23.5 Å². The molecule has 0 spiro atoms. The normalized spacial score (nSPS) is 37.9. The Morgan fingerprint density at radius 3 is 2.69 bits per heavy atom. The molecule has 0 amide bonds. The Morgan fingerprint density at radius 2 is 2.00 bits per heavy atom. The summed E-state index contributed by atoms with van der Waals surface area (Å²) in [6.45, 7) is 5.20. The minimum Gasteiger partial charge on any atom is -0.376 e. The zero-order chi connectivity index (χ0) is 11.3. The number of ether oxygens (including phenoxy) is 1. The van der Waals surface area contributed by atoms with Gasteiger partial charge in [0.1, 0.15) is 0 Å². The molecule has 0 radical (unpaired) electrons. The summed E-state index contributed by atoms with van der Waals surface area (Å²) in [6, 6.07) is 4.96. The summed E-state index contributed by atoms with van der Waals surface area (Å²) in [7, 11) is 0. The van der Waals surface area contributed by atoms with Crippen LogP contribution in [0.5, 0.6) is 0 Å². The molecule has 4 atom stereocenters. The molecule has 3 heteroatoms. The van der Waals surface area contributed by atoms with Crippen LogP contribution >= 0.6 is 0 Å². The lowest BCUT2D eigenvalue weighted by Gasteiger charge is -2.53. The Kier molecular flexibility index (Phi) is 2.33. The van der Waals surface area contributed by atoms with Gasteiger partial charge in [-0.25, -0.2) is 0 Å². The van der Waals surface area contributed by atoms with Crippen LogP contribution in [-0.2, 0) is 4.74 Å². The summed E-state index contributed by atoms with van der Waals surface area (Å²) in [5, 5.41) is 0.